The van der Waals surface area contributed by atoms with Gasteiger partial charge in [-0.25, -0.2) is 0 Å². The Labute approximate surface area is 136 Å². The summed E-state index contributed by atoms with van der Waals surface area (Å²) < 4.78 is 40.8. The van der Waals surface area contributed by atoms with Crippen molar-refractivity contribution in [3.05, 3.63) is 28.2 Å². The molecule has 0 aliphatic carbocycles. The zero-order valence-corrected chi connectivity index (χ0v) is 13.8. The van der Waals surface area contributed by atoms with Gasteiger partial charge in [0.1, 0.15) is 5.75 Å². The Morgan fingerprint density at radius 1 is 1.43 bits per heavy atom. The van der Waals surface area contributed by atoms with Gasteiger partial charge in [-0.3, -0.25) is 4.90 Å². The topological polar surface area (TPSA) is 24.5 Å². The first-order chi connectivity index (χ1) is 9.37. The fourth-order valence-electron chi connectivity index (χ4n) is 2.32. The molecule has 3 nitrogen and oxygen atoms in total. The van der Waals surface area contributed by atoms with Gasteiger partial charge in [0.25, 0.3) is 0 Å². The van der Waals surface area contributed by atoms with Crippen molar-refractivity contribution >= 4 is 28.3 Å². The highest BCUT2D eigenvalue weighted by atomic mass is 79.9. The third kappa shape index (κ3) is 5.65. The number of ether oxygens (including phenoxy) is 1. The van der Waals surface area contributed by atoms with Crippen LogP contribution < -0.4 is 10.1 Å². The van der Waals surface area contributed by atoms with Gasteiger partial charge in [0.2, 0.25) is 0 Å². The molecule has 0 spiro atoms. The number of halogens is 5. The molecule has 0 saturated carbocycles. The molecule has 1 aromatic rings. The van der Waals surface area contributed by atoms with Crippen LogP contribution in [0.2, 0.25) is 0 Å². The molecule has 0 radical (unpaired) electrons. The van der Waals surface area contributed by atoms with E-state index in [4.69, 9.17) is 0 Å². The number of hydrogen-bond acceptors (Lipinski definition) is 3. The van der Waals surface area contributed by atoms with Crippen LogP contribution in [0.15, 0.2) is 22.7 Å². The van der Waals surface area contributed by atoms with Crippen LogP contribution in [0.1, 0.15) is 12.0 Å². The van der Waals surface area contributed by atoms with E-state index in [9.17, 15) is 13.2 Å². The fraction of sp³-hybridized carbons (Fsp3) is 0.538. The summed E-state index contributed by atoms with van der Waals surface area (Å²) in [7, 11) is 1.94. The number of benzene rings is 1. The van der Waals surface area contributed by atoms with Crippen molar-refractivity contribution in [2.24, 2.45) is 0 Å². The number of likely N-dealkylation sites (N-methyl/N-ethyl adjacent to an activating group) is 1. The second kappa shape index (κ2) is 7.67. The molecule has 0 bridgehead atoms. The lowest BCUT2D eigenvalue weighted by atomic mass is 10.2. The van der Waals surface area contributed by atoms with E-state index < -0.39 is 6.36 Å². The maximum absolute atomic E-state index is 12.2. The molecular formula is C13H17BrClF3N2O. The minimum atomic E-state index is -4.67. The summed E-state index contributed by atoms with van der Waals surface area (Å²) in [5.41, 5.74) is 0.961. The van der Waals surface area contributed by atoms with Crippen molar-refractivity contribution in [1.82, 2.24) is 10.2 Å². The van der Waals surface area contributed by atoms with Crippen LogP contribution in [-0.2, 0) is 6.54 Å². The molecule has 1 unspecified atom stereocenters. The summed E-state index contributed by atoms with van der Waals surface area (Å²) >= 11 is 3.12. The Balaban J connectivity index is 0.00000220. The van der Waals surface area contributed by atoms with Crippen LogP contribution >= 0.6 is 28.3 Å². The smallest absolute Gasteiger partial charge is 0.405 e. The average molecular weight is 390 g/mol. The quantitative estimate of drug-likeness (QED) is 0.852. The number of nitrogens with one attached hydrogen (secondary N) is 1. The molecule has 1 aliphatic rings. The Bertz CT molecular complexity index is 473. The SMILES string of the molecule is CNC1CCN(Cc2ccc(OC(F)(F)F)c(Br)c2)C1.Cl. The zero-order valence-electron chi connectivity index (χ0n) is 11.4. The molecule has 2 rings (SSSR count). The normalized spacial score (nSPS) is 19.4. The van der Waals surface area contributed by atoms with Crippen LogP contribution in [0.4, 0.5) is 13.2 Å². The van der Waals surface area contributed by atoms with E-state index in [1.165, 1.54) is 6.07 Å². The minimum Gasteiger partial charge on any atom is -0.405 e. The molecule has 1 heterocycles. The second-order valence-electron chi connectivity index (χ2n) is 4.82. The van der Waals surface area contributed by atoms with Gasteiger partial charge in [-0.15, -0.1) is 25.6 Å². The van der Waals surface area contributed by atoms with Gasteiger partial charge in [-0.05, 0) is 47.1 Å². The lowest BCUT2D eigenvalue weighted by molar-refractivity contribution is -0.274. The van der Waals surface area contributed by atoms with Crippen molar-refractivity contribution in [3.63, 3.8) is 0 Å². The fourth-order valence-corrected chi connectivity index (χ4v) is 2.83. The first-order valence-corrected chi connectivity index (χ1v) is 7.10. The van der Waals surface area contributed by atoms with Crippen LogP contribution in [0.3, 0.4) is 0 Å². The average Bonchev–Trinajstić information content (AvgIpc) is 2.79. The first-order valence-electron chi connectivity index (χ1n) is 6.31. The Morgan fingerprint density at radius 2 is 2.14 bits per heavy atom. The molecule has 1 N–H and O–H groups in total. The molecular weight excluding hydrogens is 373 g/mol. The first kappa shape index (κ1) is 18.5. The van der Waals surface area contributed by atoms with Gasteiger partial charge in [0, 0.05) is 25.7 Å². The summed E-state index contributed by atoms with van der Waals surface area (Å²) in [5, 5.41) is 3.23. The Hall–Kier alpha value is -0.500. The molecule has 120 valence electrons. The standard InChI is InChI=1S/C13H16BrF3N2O.ClH/c1-18-10-4-5-19(8-10)7-9-2-3-12(11(14)6-9)20-13(15,16)17;/h2-3,6,10,18H,4-5,7-8H2,1H3;1H. The lowest BCUT2D eigenvalue weighted by Crippen LogP contribution is -2.29. The van der Waals surface area contributed by atoms with Gasteiger partial charge in [-0.2, -0.15) is 0 Å². The molecule has 1 aromatic carbocycles. The van der Waals surface area contributed by atoms with E-state index in [1.807, 2.05) is 7.05 Å². The van der Waals surface area contributed by atoms with Crippen LogP contribution in [0.25, 0.3) is 0 Å². The van der Waals surface area contributed by atoms with Gasteiger partial charge >= 0.3 is 6.36 Å². The zero-order chi connectivity index (χ0) is 14.8. The summed E-state index contributed by atoms with van der Waals surface area (Å²) in [6, 6.07) is 5.18. The van der Waals surface area contributed by atoms with Gasteiger partial charge < -0.3 is 10.1 Å². The van der Waals surface area contributed by atoms with Gasteiger partial charge in [0.15, 0.2) is 0 Å². The van der Waals surface area contributed by atoms with E-state index in [0.717, 1.165) is 31.6 Å². The molecule has 1 saturated heterocycles. The maximum Gasteiger partial charge on any atom is 0.573 e. The Kier molecular flexibility index (Phi) is 6.77. The summed E-state index contributed by atoms with van der Waals surface area (Å²) in [5.74, 6) is -0.212. The van der Waals surface area contributed by atoms with Crippen molar-refractivity contribution in [3.8, 4) is 5.75 Å². The van der Waals surface area contributed by atoms with Crippen LogP contribution in [0.5, 0.6) is 5.75 Å². The van der Waals surface area contributed by atoms with Crippen molar-refractivity contribution in [2.75, 3.05) is 20.1 Å². The molecule has 1 fully saturated rings. The third-order valence-corrected chi connectivity index (χ3v) is 3.93. The molecule has 0 amide bonds. The van der Waals surface area contributed by atoms with Gasteiger partial charge in [0.05, 0.1) is 4.47 Å². The largest absolute Gasteiger partial charge is 0.573 e. The minimum absolute atomic E-state index is 0. The predicted octanol–water partition coefficient (Wildman–Crippen LogP) is 3.56. The number of likely N-dealkylation sites (tertiary alicyclic amines) is 1. The monoisotopic (exact) mass is 388 g/mol. The highest BCUT2D eigenvalue weighted by molar-refractivity contribution is 9.10. The molecule has 0 aromatic heterocycles. The van der Waals surface area contributed by atoms with E-state index in [0.29, 0.717) is 10.5 Å². The van der Waals surface area contributed by atoms with Crippen LogP contribution in [0, 0.1) is 0 Å². The molecule has 1 aliphatic heterocycles. The van der Waals surface area contributed by atoms with E-state index in [2.05, 4.69) is 30.9 Å². The molecule has 21 heavy (non-hydrogen) atoms. The predicted molar refractivity (Wildman–Crippen MR) is 80.8 cm³/mol. The van der Waals surface area contributed by atoms with E-state index in [-0.39, 0.29) is 18.2 Å². The summed E-state index contributed by atoms with van der Waals surface area (Å²) in [4.78, 5) is 2.27. The van der Waals surface area contributed by atoms with Crippen molar-refractivity contribution < 1.29 is 17.9 Å². The highest BCUT2D eigenvalue weighted by Gasteiger charge is 2.32. The Morgan fingerprint density at radius 3 is 2.67 bits per heavy atom. The van der Waals surface area contributed by atoms with Crippen LogP contribution in [-0.4, -0.2) is 37.4 Å². The third-order valence-electron chi connectivity index (χ3n) is 3.31. The number of hydrogen-bond donors (Lipinski definition) is 1. The highest BCUT2D eigenvalue weighted by Crippen LogP contribution is 2.31. The number of nitrogens with zero attached hydrogens (tertiary/aromatic N) is 1. The van der Waals surface area contributed by atoms with Crippen molar-refractivity contribution in [2.45, 2.75) is 25.4 Å². The van der Waals surface area contributed by atoms with Gasteiger partial charge in [-0.1, -0.05) is 6.07 Å². The van der Waals surface area contributed by atoms with Crippen molar-refractivity contribution in [1.29, 1.82) is 0 Å². The van der Waals surface area contributed by atoms with E-state index >= 15 is 0 Å². The molecule has 1 atom stereocenters. The number of alkyl halides is 3. The lowest BCUT2D eigenvalue weighted by Gasteiger charge is -2.17. The number of rotatable bonds is 4. The summed E-state index contributed by atoms with van der Waals surface area (Å²) in [6.07, 6.45) is -3.58. The second-order valence-corrected chi connectivity index (χ2v) is 5.68. The molecule has 8 heteroatoms. The van der Waals surface area contributed by atoms with E-state index in [1.54, 1.807) is 12.1 Å². The summed E-state index contributed by atoms with van der Waals surface area (Å²) in [6.45, 7) is 2.67. The maximum atomic E-state index is 12.2.